The fourth-order valence-electron chi connectivity index (χ4n) is 4.02. The number of benzene rings is 2. The zero-order chi connectivity index (χ0) is 28.1. The molecule has 0 unspecified atom stereocenters. The van der Waals surface area contributed by atoms with E-state index in [2.05, 4.69) is 11.8 Å². The van der Waals surface area contributed by atoms with Crippen LogP contribution in [-0.4, -0.2) is 90.3 Å². The molecule has 2 aromatic rings. The van der Waals surface area contributed by atoms with Crippen molar-refractivity contribution in [3.05, 3.63) is 48.0 Å². The van der Waals surface area contributed by atoms with E-state index in [1.54, 1.807) is 32.0 Å². The average Bonchev–Trinajstić information content (AvgIpc) is 2.90. The Kier molecular flexibility index (Phi) is 9.80. The van der Waals surface area contributed by atoms with Crippen molar-refractivity contribution in [3.63, 3.8) is 0 Å². The number of fused-ring (bicyclic) bond motifs is 1. The molecule has 0 saturated heterocycles. The molecule has 10 nitrogen and oxygen atoms in total. The predicted octanol–water partition coefficient (Wildman–Crippen LogP) is 1.78. The highest BCUT2D eigenvalue weighted by Gasteiger charge is 2.39. The second-order valence-corrected chi connectivity index (χ2v) is 13.0. The van der Waals surface area contributed by atoms with Gasteiger partial charge in [-0.3, -0.25) is 0 Å². The Morgan fingerprint density at radius 1 is 1.24 bits per heavy atom. The number of nitrogens with zero attached hydrogens (tertiary/aromatic N) is 2. The van der Waals surface area contributed by atoms with Gasteiger partial charge in [-0.05, 0) is 37.3 Å². The minimum atomic E-state index is -4.03. The summed E-state index contributed by atoms with van der Waals surface area (Å²) in [5.41, 5.74) is 0.516. The number of methoxy groups -OCH3 is 2. The molecular weight excluding hydrogens is 532 g/mol. The molecule has 0 bridgehead atoms. The van der Waals surface area contributed by atoms with Gasteiger partial charge in [-0.1, -0.05) is 24.8 Å². The number of aliphatic hydroxyl groups excluding tert-OH is 1. The first-order valence-corrected chi connectivity index (χ1v) is 14.8. The van der Waals surface area contributed by atoms with Gasteiger partial charge in [0.05, 0.1) is 25.2 Å². The molecule has 0 radical (unpaired) electrons. The zero-order valence-corrected chi connectivity index (χ0v) is 23.8. The Hall–Kier alpha value is -2.66. The molecule has 1 N–H and O–H groups in total. The molecule has 208 valence electrons. The zero-order valence-electron chi connectivity index (χ0n) is 22.1. The van der Waals surface area contributed by atoms with E-state index in [1.165, 1.54) is 54.1 Å². The standard InChI is InChI=1S/C26H34N2O8S2/c1-19-16-28(20(2)18-29)38(32,33)26-12-11-21(8-7-13-34-4)14-24(26)36-25(19)17-27(3)37(30,31)23-10-6-9-22(15-23)35-5/h6,9-12,14-15,19-20,25,29H,13,16-18H2,1-5H3/t19-,20+,25-/m1/s1. The van der Waals surface area contributed by atoms with Gasteiger partial charge in [-0.2, -0.15) is 8.61 Å². The molecule has 1 aliphatic heterocycles. The van der Waals surface area contributed by atoms with Crippen LogP contribution in [0.1, 0.15) is 19.4 Å². The maximum atomic E-state index is 13.6. The van der Waals surface area contributed by atoms with Crippen LogP contribution < -0.4 is 9.47 Å². The molecule has 38 heavy (non-hydrogen) atoms. The van der Waals surface area contributed by atoms with Crippen molar-refractivity contribution in [2.24, 2.45) is 5.92 Å². The molecule has 0 aliphatic carbocycles. The van der Waals surface area contributed by atoms with Crippen LogP contribution in [0.2, 0.25) is 0 Å². The van der Waals surface area contributed by atoms with Crippen LogP contribution >= 0.6 is 0 Å². The van der Waals surface area contributed by atoms with Crippen LogP contribution in [0.15, 0.2) is 52.3 Å². The minimum Gasteiger partial charge on any atom is -0.497 e. The molecular formula is C26H34N2O8S2. The molecule has 3 atom stereocenters. The molecule has 0 spiro atoms. The quantitative estimate of drug-likeness (QED) is 0.480. The monoisotopic (exact) mass is 566 g/mol. The van der Waals surface area contributed by atoms with Gasteiger partial charge in [0.2, 0.25) is 20.0 Å². The number of aliphatic hydroxyl groups is 1. The van der Waals surface area contributed by atoms with Crippen molar-refractivity contribution >= 4 is 20.0 Å². The van der Waals surface area contributed by atoms with Crippen LogP contribution in [0, 0.1) is 17.8 Å². The van der Waals surface area contributed by atoms with E-state index in [0.717, 1.165) is 0 Å². The van der Waals surface area contributed by atoms with E-state index in [4.69, 9.17) is 14.2 Å². The van der Waals surface area contributed by atoms with Crippen LogP contribution in [-0.2, 0) is 24.8 Å². The summed E-state index contributed by atoms with van der Waals surface area (Å²) < 4.78 is 72.7. The van der Waals surface area contributed by atoms with Gasteiger partial charge in [0.15, 0.2) is 0 Å². The first-order chi connectivity index (χ1) is 17.9. The molecule has 3 rings (SSSR count). The summed E-state index contributed by atoms with van der Waals surface area (Å²) in [4.78, 5) is -0.0163. The molecule has 0 aromatic heterocycles. The summed E-state index contributed by atoms with van der Waals surface area (Å²) in [5, 5.41) is 9.80. The summed E-state index contributed by atoms with van der Waals surface area (Å²) in [7, 11) is -3.52. The summed E-state index contributed by atoms with van der Waals surface area (Å²) in [5.74, 6) is 5.77. The fourth-order valence-corrected chi connectivity index (χ4v) is 7.07. The fraction of sp³-hybridized carbons (Fsp3) is 0.462. The maximum Gasteiger partial charge on any atom is 0.247 e. The smallest absolute Gasteiger partial charge is 0.247 e. The highest BCUT2D eigenvalue weighted by atomic mass is 32.2. The first kappa shape index (κ1) is 29.9. The van der Waals surface area contributed by atoms with E-state index in [0.29, 0.717) is 11.3 Å². The van der Waals surface area contributed by atoms with Gasteiger partial charge in [-0.25, -0.2) is 16.8 Å². The molecule has 1 heterocycles. The van der Waals surface area contributed by atoms with E-state index < -0.39 is 38.1 Å². The highest BCUT2D eigenvalue weighted by Crippen LogP contribution is 2.34. The van der Waals surface area contributed by atoms with Crippen molar-refractivity contribution < 1.29 is 36.2 Å². The van der Waals surface area contributed by atoms with E-state index in [9.17, 15) is 21.9 Å². The molecule has 2 aromatic carbocycles. The van der Waals surface area contributed by atoms with Crippen molar-refractivity contribution in [3.8, 4) is 23.3 Å². The minimum absolute atomic E-state index is 0.0244. The van der Waals surface area contributed by atoms with Crippen molar-refractivity contribution in [1.29, 1.82) is 0 Å². The van der Waals surface area contributed by atoms with Crippen LogP contribution in [0.4, 0.5) is 0 Å². The third-order valence-corrected chi connectivity index (χ3v) is 10.1. The first-order valence-electron chi connectivity index (χ1n) is 12.0. The predicted molar refractivity (Wildman–Crippen MR) is 142 cm³/mol. The Bertz CT molecular complexity index is 1400. The largest absolute Gasteiger partial charge is 0.497 e. The van der Waals surface area contributed by atoms with Crippen molar-refractivity contribution in [2.75, 3.05) is 47.6 Å². The second kappa shape index (κ2) is 12.5. The third-order valence-electron chi connectivity index (χ3n) is 6.30. The van der Waals surface area contributed by atoms with E-state index in [-0.39, 0.29) is 41.8 Å². The molecule has 12 heteroatoms. The molecule has 0 amide bonds. The van der Waals surface area contributed by atoms with Gasteiger partial charge >= 0.3 is 0 Å². The normalized spacial score (nSPS) is 20.3. The number of sulfonamides is 2. The number of hydrogen-bond acceptors (Lipinski definition) is 8. The number of hydrogen-bond donors (Lipinski definition) is 1. The van der Waals surface area contributed by atoms with Crippen molar-refractivity contribution in [1.82, 2.24) is 8.61 Å². The van der Waals surface area contributed by atoms with Gasteiger partial charge in [-0.15, -0.1) is 0 Å². The summed E-state index contributed by atoms with van der Waals surface area (Å²) >= 11 is 0. The molecule has 0 saturated carbocycles. The SMILES string of the molecule is COCC#Cc1ccc2c(c1)O[C@H](CN(C)S(=O)(=O)c1cccc(OC)c1)[C@H](C)CN([C@@H](C)CO)S2(=O)=O. The highest BCUT2D eigenvalue weighted by molar-refractivity contribution is 7.89. The average molecular weight is 567 g/mol. The Labute approximate surface area is 225 Å². The lowest BCUT2D eigenvalue weighted by Crippen LogP contribution is -2.50. The molecule has 0 fully saturated rings. The lowest BCUT2D eigenvalue weighted by Gasteiger charge is -2.37. The number of rotatable bonds is 8. The third kappa shape index (κ3) is 6.48. The number of likely N-dealkylation sites (N-methyl/N-ethyl adjacent to an activating group) is 1. The van der Waals surface area contributed by atoms with Crippen LogP contribution in [0.5, 0.6) is 11.5 Å². The van der Waals surface area contributed by atoms with E-state index in [1.807, 2.05) is 0 Å². The Morgan fingerprint density at radius 3 is 2.63 bits per heavy atom. The lowest BCUT2D eigenvalue weighted by molar-refractivity contribution is 0.0904. The number of ether oxygens (including phenoxy) is 3. The second-order valence-electron chi connectivity index (χ2n) is 9.10. The van der Waals surface area contributed by atoms with Gasteiger partial charge in [0, 0.05) is 44.3 Å². The molecule has 1 aliphatic rings. The van der Waals surface area contributed by atoms with Crippen molar-refractivity contribution in [2.45, 2.75) is 35.8 Å². The maximum absolute atomic E-state index is 13.6. The Balaban J connectivity index is 2.04. The van der Waals surface area contributed by atoms with Crippen LogP contribution in [0.25, 0.3) is 0 Å². The van der Waals surface area contributed by atoms with Gasteiger partial charge in [0.1, 0.15) is 29.1 Å². The topological polar surface area (TPSA) is 123 Å². The van der Waals surface area contributed by atoms with E-state index >= 15 is 0 Å². The summed E-state index contributed by atoms with van der Waals surface area (Å²) in [6.45, 7) is 3.20. The summed E-state index contributed by atoms with van der Waals surface area (Å²) in [6.07, 6.45) is -0.717. The Morgan fingerprint density at radius 2 is 1.97 bits per heavy atom. The van der Waals surface area contributed by atoms with Crippen LogP contribution in [0.3, 0.4) is 0 Å². The summed E-state index contributed by atoms with van der Waals surface area (Å²) in [6, 6.07) is 9.98. The van der Waals surface area contributed by atoms with Gasteiger partial charge < -0.3 is 19.3 Å². The van der Waals surface area contributed by atoms with Gasteiger partial charge in [0.25, 0.3) is 0 Å². The lowest BCUT2D eigenvalue weighted by atomic mass is 10.0.